The van der Waals surface area contributed by atoms with Gasteiger partial charge in [-0.3, -0.25) is 5.43 Å². The highest BCUT2D eigenvalue weighted by molar-refractivity contribution is 7.80. The van der Waals surface area contributed by atoms with Gasteiger partial charge < -0.3 is 14.8 Å². The zero-order valence-corrected chi connectivity index (χ0v) is 19.6. The fourth-order valence-corrected chi connectivity index (χ4v) is 3.28. The van der Waals surface area contributed by atoms with Crippen LogP contribution in [-0.2, 0) is 0 Å². The highest BCUT2D eigenvalue weighted by Gasteiger charge is 2.16. The minimum Gasteiger partial charge on any atom is -0.490 e. The third kappa shape index (κ3) is 7.15. The van der Waals surface area contributed by atoms with Crippen LogP contribution in [0, 0.1) is 5.82 Å². The highest BCUT2D eigenvalue weighted by atomic mass is 35.5. The summed E-state index contributed by atoms with van der Waals surface area (Å²) < 4.78 is 24.0. The van der Waals surface area contributed by atoms with E-state index in [1.165, 1.54) is 30.5 Å². The van der Waals surface area contributed by atoms with Crippen LogP contribution in [0.1, 0.15) is 22.8 Å². The van der Waals surface area contributed by atoms with Crippen LogP contribution in [0.2, 0.25) is 10.0 Å². The van der Waals surface area contributed by atoms with Crippen LogP contribution in [0.25, 0.3) is 0 Å². The number of nitrogens with one attached hydrogen (secondary N) is 2. The molecule has 0 aliphatic heterocycles. The van der Waals surface area contributed by atoms with E-state index in [1.54, 1.807) is 36.4 Å². The Bertz CT molecular complexity index is 1190. The number of esters is 1. The molecule has 3 aromatic rings. The van der Waals surface area contributed by atoms with Crippen molar-refractivity contribution in [1.29, 1.82) is 0 Å². The smallest absolute Gasteiger partial charge is 0.345 e. The Morgan fingerprint density at radius 2 is 1.85 bits per heavy atom. The van der Waals surface area contributed by atoms with Crippen molar-refractivity contribution in [1.82, 2.24) is 5.43 Å². The van der Waals surface area contributed by atoms with E-state index in [2.05, 4.69) is 15.8 Å². The van der Waals surface area contributed by atoms with Gasteiger partial charge in [-0.2, -0.15) is 5.10 Å². The predicted octanol–water partition coefficient (Wildman–Crippen LogP) is 6.07. The van der Waals surface area contributed by atoms with E-state index in [-0.39, 0.29) is 27.3 Å². The number of thiocarbonyl (C=S) groups is 1. The Labute approximate surface area is 205 Å². The fourth-order valence-electron chi connectivity index (χ4n) is 2.63. The zero-order valence-electron chi connectivity index (χ0n) is 17.3. The average Bonchev–Trinajstić information content (AvgIpc) is 2.77. The number of anilines is 1. The second kappa shape index (κ2) is 11.6. The quantitative estimate of drug-likeness (QED) is 0.133. The third-order valence-electron chi connectivity index (χ3n) is 4.10. The highest BCUT2D eigenvalue weighted by Crippen LogP contribution is 2.30. The van der Waals surface area contributed by atoms with Crippen LogP contribution in [0.4, 0.5) is 10.1 Å². The number of hydrogen-bond acceptors (Lipinski definition) is 5. The number of halogens is 3. The first-order valence-corrected chi connectivity index (χ1v) is 10.8. The van der Waals surface area contributed by atoms with Gasteiger partial charge in [-0.1, -0.05) is 23.2 Å². The molecule has 0 saturated heterocycles. The Kier molecular flexibility index (Phi) is 8.59. The molecule has 0 saturated carbocycles. The van der Waals surface area contributed by atoms with E-state index >= 15 is 0 Å². The van der Waals surface area contributed by atoms with E-state index in [0.29, 0.717) is 28.6 Å². The average molecular weight is 506 g/mol. The SMILES string of the molecule is CCOc1cc(/C=N\NC(=S)Nc2ccc(F)cc2)ccc1OC(=O)c1ccc(Cl)cc1Cl. The second-order valence-electron chi connectivity index (χ2n) is 6.48. The van der Waals surface area contributed by atoms with E-state index in [4.69, 9.17) is 44.9 Å². The largest absolute Gasteiger partial charge is 0.490 e. The molecule has 6 nitrogen and oxygen atoms in total. The van der Waals surface area contributed by atoms with Gasteiger partial charge in [0.15, 0.2) is 16.6 Å². The van der Waals surface area contributed by atoms with Crippen molar-refractivity contribution >= 4 is 58.4 Å². The lowest BCUT2D eigenvalue weighted by molar-refractivity contribution is 0.0728. The molecular weight excluding hydrogens is 488 g/mol. The van der Waals surface area contributed by atoms with Gasteiger partial charge in [0.25, 0.3) is 0 Å². The standard InChI is InChI=1S/C23H18Cl2FN3O3S/c1-2-31-21-11-14(13-27-29-23(33)28-17-7-5-16(26)6-8-17)3-10-20(21)32-22(30)18-9-4-15(24)12-19(18)25/h3-13H,2H2,1H3,(H2,28,29,33)/b27-13-. The summed E-state index contributed by atoms with van der Waals surface area (Å²) in [7, 11) is 0. The number of rotatable bonds is 7. The summed E-state index contributed by atoms with van der Waals surface area (Å²) in [5, 5.41) is 7.78. The molecule has 0 unspecified atom stereocenters. The molecule has 0 bridgehead atoms. The first-order valence-electron chi connectivity index (χ1n) is 9.65. The van der Waals surface area contributed by atoms with Gasteiger partial charge in [0.05, 0.1) is 23.4 Å². The summed E-state index contributed by atoms with van der Waals surface area (Å²) in [6.45, 7) is 2.17. The number of hydrogen-bond donors (Lipinski definition) is 2. The molecule has 0 spiro atoms. The van der Waals surface area contributed by atoms with Crippen LogP contribution >= 0.6 is 35.4 Å². The molecule has 0 aromatic heterocycles. The van der Waals surface area contributed by atoms with Crippen LogP contribution in [0.5, 0.6) is 11.5 Å². The van der Waals surface area contributed by atoms with Gasteiger partial charge in [-0.25, -0.2) is 9.18 Å². The van der Waals surface area contributed by atoms with Gasteiger partial charge in [0.2, 0.25) is 0 Å². The first-order chi connectivity index (χ1) is 15.9. The minimum absolute atomic E-state index is 0.181. The van der Waals surface area contributed by atoms with Gasteiger partial charge in [-0.05, 0) is 85.4 Å². The number of carbonyl (C=O) groups excluding carboxylic acids is 1. The maximum absolute atomic E-state index is 13.0. The lowest BCUT2D eigenvalue weighted by Crippen LogP contribution is -2.23. The van der Waals surface area contributed by atoms with E-state index < -0.39 is 5.97 Å². The Morgan fingerprint density at radius 1 is 1.09 bits per heavy atom. The predicted molar refractivity (Wildman–Crippen MR) is 132 cm³/mol. The molecule has 0 radical (unpaired) electrons. The molecule has 2 N–H and O–H groups in total. The maximum atomic E-state index is 13.0. The van der Waals surface area contributed by atoms with E-state index in [1.807, 2.05) is 6.92 Å². The molecule has 0 aliphatic carbocycles. The minimum atomic E-state index is -0.641. The van der Waals surface area contributed by atoms with Gasteiger partial charge in [0, 0.05) is 10.7 Å². The molecule has 10 heteroatoms. The summed E-state index contributed by atoms with van der Waals surface area (Å²) in [6, 6.07) is 15.2. The van der Waals surface area contributed by atoms with E-state index in [9.17, 15) is 9.18 Å². The lowest BCUT2D eigenvalue weighted by atomic mass is 10.2. The first kappa shape index (κ1) is 24.4. The Hall–Kier alpha value is -3.20. The molecular formula is C23H18Cl2FN3O3S. The van der Waals surface area contributed by atoms with Crippen LogP contribution < -0.4 is 20.2 Å². The monoisotopic (exact) mass is 505 g/mol. The third-order valence-corrected chi connectivity index (χ3v) is 4.84. The van der Waals surface area contributed by atoms with Crippen LogP contribution in [0.3, 0.4) is 0 Å². The summed E-state index contributed by atoms with van der Waals surface area (Å²) in [5.74, 6) is -0.399. The number of nitrogens with zero attached hydrogens (tertiary/aromatic N) is 1. The topological polar surface area (TPSA) is 71.9 Å². The molecule has 0 amide bonds. The summed E-state index contributed by atoms with van der Waals surface area (Å²) in [6.07, 6.45) is 1.52. The van der Waals surface area contributed by atoms with Gasteiger partial charge in [0.1, 0.15) is 5.82 Å². The van der Waals surface area contributed by atoms with Gasteiger partial charge >= 0.3 is 5.97 Å². The molecule has 3 aromatic carbocycles. The van der Waals surface area contributed by atoms with Crippen molar-refractivity contribution in [2.24, 2.45) is 5.10 Å². The number of ether oxygens (including phenoxy) is 2. The summed E-state index contributed by atoms with van der Waals surface area (Å²) in [5.41, 5.74) is 4.14. The van der Waals surface area contributed by atoms with E-state index in [0.717, 1.165) is 0 Å². The second-order valence-corrected chi connectivity index (χ2v) is 7.74. The van der Waals surface area contributed by atoms with Crippen molar-refractivity contribution in [3.63, 3.8) is 0 Å². The van der Waals surface area contributed by atoms with Gasteiger partial charge in [-0.15, -0.1) is 0 Å². The molecule has 33 heavy (non-hydrogen) atoms. The van der Waals surface area contributed by atoms with Crippen molar-refractivity contribution in [3.8, 4) is 11.5 Å². The van der Waals surface area contributed by atoms with Crippen molar-refractivity contribution in [2.45, 2.75) is 6.92 Å². The zero-order chi connectivity index (χ0) is 23.8. The Balaban J connectivity index is 1.66. The number of carbonyl (C=O) groups is 1. The van der Waals surface area contributed by atoms with Crippen molar-refractivity contribution in [2.75, 3.05) is 11.9 Å². The van der Waals surface area contributed by atoms with Crippen LogP contribution in [-0.4, -0.2) is 23.9 Å². The number of hydrazone groups is 1. The maximum Gasteiger partial charge on any atom is 0.345 e. The molecule has 0 fully saturated rings. The molecule has 0 heterocycles. The summed E-state index contributed by atoms with van der Waals surface area (Å²) >= 11 is 17.1. The lowest BCUT2D eigenvalue weighted by Gasteiger charge is -2.12. The Morgan fingerprint density at radius 3 is 2.55 bits per heavy atom. The normalized spacial score (nSPS) is 10.7. The van der Waals surface area contributed by atoms with Crippen molar-refractivity contribution < 1.29 is 18.7 Å². The molecule has 3 rings (SSSR count). The number of benzene rings is 3. The molecule has 0 atom stereocenters. The fraction of sp³-hybridized carbons (Fsp3) is 0.0870. The summed E-state index contributed by atoms with van der Waals surface area (Å²) in [4.78, 5) is 12.5. The van der Waals surface area contributed by atoms with Crippen LogP contribution in [0.15, 0.2) is 65.8 Å². The van der Waals surface area contributed by atoms with Crippen molar-refractivity contribution in [3.05, 3.63) is 87.7 Å². The molecule has 170 valence electrons. The molecule has 0 aliphatic rings.